The van der Waals surface area contributed by atoms with Crippen molar-refractivity contribution in [2.24, 2.45) is 0 Å². The minimum Gasteiger partial charge on any atom is -0.475 e. The summed E-state index contributed by atoms with van der Waals surface area (Å²) in [5, 5.41) is 7.78. The number of aromatic nitrogens is 6. The topological polar surface area (TPSA) is 90.1 Å². The summed E-state index contributed by atoms with van der Waals surface area (Å²) in [6, 6.07) is 9.87. The second kappa shape index (κ2) is 6.07. The minimum absolute atomic E-state index is 0.100. The number of pyridine rings is 2. The Morgan fingerprint density at radius 2 is 2.12 bits per heavy atom. The molecule has 0 saturated heterocycles. The molecule has 1 unspecified atom stereocenters. The molecule has 0 bridgehead atoms. The fourth-order valence-electron chi connectivity index (χ4n) is 3.09. The maximum absolute atomic E-state index is 5.77. The van der Waals surface area contributed by atoms with Gasteiger partial charge in [0.2, 0.25) is 5.88 Å². The summed E-state index contributed by atoms with van der Waals surface area (Å²) in [4.78, 5) is 17.2. The molecule has 5 heterocycles. The third-order valence-corrected chi connectivity index (χ3v) is 4.30. The molecule has 1 aliphatic heterocycles. The van der Waals surface area contributed by atoms with Crippen molar-refractivity contribution in [1.29, 1.82) is 0 Å². The van der Waals surface area contributed by atoms with Gasteiger partial charge in [0, 0.05) is 42.2 Å². The third-order valence-electron chi connectivity index (χ3n) is 4.30. The zero-order valence-electron chi connectivity index (χ0n) is 13.8. The summed E-state index contributed by atoms with van der Waals surface area (Å²) in [6.45, 7) is 0.532. The second-order valence-electron chi connectivity index (χ2n) is 6.06. The Balaban J connectivity index is 1.50. The molecule has 128 valence electrons. The molecular weight excluding hydrogens is 330 g/mol. The van der Waals surface area contributed by atoms with E-state index >= 15 is 0 Å². The molecule has 0 radical (unpaired) electrons. The van der Waals surface area contributed by atoms with Gasteiger partial charge in [-0.15, -0.1) is 0 Å². The van der Waals surface area contributed by atoms with Crippen molar-refractivity contribution in [3.05, 3.63) is 60.8 Å². The van der Waals surface area contributed by atoms with Crippen LogP contribution < -0.4 is 10.1 Å². The Morgan fingerprint density at radius 3 is 3.04 bits per heavy atom. The Labute approximate surface area is 148 Å². The average Bonchev–Trinajstić information content (AvgIpc) is 3.18. The van der Waals surface area contributed by atoms with E-state index in [1.54, 1.807) is 23.1 Å². The summed E-state index contributed by atoms with van der Waals surface area (Å²) in [7, 11) is 0. The van der Waals surface area contributed by atoms with E-state index in [9.17, 15) is 0 Å². The predicted octanol–water partition coefficient (Wildman–Crippen LogP) is 2.00. The van der Waals surface area contributed by atoms with Crippen LogP contribution in [0.25, 0.3) is 17.0 Å². The predicted molar refractivity (Wildman–Crippen MR) is 94.9 cm³/mol. The standard InChI is InChI=1S/C18H15N7O/c1-4-13(9-19-5-1)15-8-16(25-18(24-15)21-11-22-25)23-14-7-12-3-2-6-20-17(12)26-10-14/h1-6,8-9,11,14,23H,7,10H2. The van der Waals surface area contributed by atoms with E-state index in [1.807, 2.05) is 30.3 Å². The van der Waals surface area contributed by atoms with Gasteiger partial charge in [-0.25, -0.2) is 9.97 Å². The number of hydrogen-bond donors (Lipinski definition) is 1. The molecule has 0 aromatic carbocycles. The maximum atomic E-state index is 5.77. The van der Waals surface area contributed by atoms with Crippen LogP contribution >= 0.6 is 0 Å². The van der Waals surface area contributed by atoms with Gasteiger partial charge in [-0.05, 0) is 18.2 Å². The molecule has 4 aromatic heterocycles. The molecule has 8 heteroatoms. The van der Waals surface area contributed by atoms with Crippen molar-refractivity contribution in [3.63, 3.8) is 0 Å². The number of anilines is 1. The molecule has 26 heavy (non-hydrogen) atoms. The van der Waals surface area contributed by atoms with E-state index in [0.717, 1.165) is 29.1 Å². The van der Waals surface area contributed by atoms with E-state index in [2.05, 4.69) is 30.4 Å². The third kappa shape index (κ3) is 2.61. The molecule has 1 aliphatic rings. The van der Waals surface area contributed by atoms with Crippen LogP contribution in [0.1, 0.15) is 5.56 Å². The number of nitrogens with zero attached hydrogens (tertiary/aromatic N) is 6. The molecule has 0 fully saturated rings. The molecular formula is C18H15N7O. The van der Waals surface area contributed by atoms with Crippen molar-refractivity contribution < 1.29 is 4.74 Å². The number of rotatable bonds is 3. The molecule has 1 atom stereocenters. The van der Waals surface area contributed by atoms with Gasteiger partial charge in [-0.3, -0.25) is 4.98 Å². The maximum Gasteiger partial charge on any atom is 0.254 e. The van der Waals surface area contributed by atoms with Crippen LogP contribution in [0.15, 0.2) is 55.2 Å². The molecule has 0 spiro atoms. The van der Waals surface area contributed by atoms with Gasteiger partial charge < -0.3 is 10.1 Å². The molecule has 0 saturated carbocycles. The van der Waals surface area contributed by atoms with Gasteiger partial charge in [0.25, 0.3) is 5.78 Å². The van der Waals surface area contributed by atoms with Crippen LogP contribution in [0, 0.1) is 0 Å². The van der Waals surface area contributed by atoms with Crippen molar-refractivity contribution >= 4 is 11.6 Å². The highest BCUT2D eigenvalue weighted by atomic mass is 16.5. The normalized spacial score (nSPS) is 16.1. The van der Waals surface area contributed by atoms with Crippen molar-refractivity contribution in [2.45, 2.75) is 12.5 Å². The smallest absolute Gasteiger partial charge is 0.254 e. The first-order chi connectivity index (χ1) is 12.9. The summed E-state index contributed by atoms with van der Waals surface area (Å²) in [5.74, 6) is 2.06. The number of ether oxygens (including phenoxy) is 1. The lowest BCUT2D eigenvalue weighted by Crippen LogP contribution is -2.34. The van der Waals surface area contributed by atoms with Crippen LogP contribution in [0.5, 0.6) is 5.88 Å². The highest BCUT2D eigenvalue weighted by Crippen LogP contribution is 2.25. The summed E-state index contributed by atoms with van der Waals surface area (Å²) >= 11 is 0. The Kier molecular flexibility index (Phi) is 3.45. The number of hydrogen-bond acceptors (Lipinski definition) is 7. The van der Waals surface area contributed by atoms with Crippen LogP contribution in [-0.4, -0.2) is 42.2 Å². The second-order valence-corrected chi connectivity index (χ2v) is 6.06. The molecule has 8 nitrogen and oxygen atoms in total. The lowest BCUT2D eigenvalue weighted by molar-refractivity contribution is 0.261. The van der Waals surface area contributed by atoms with Gasteiger partial charge in [0.05, 0.1) is 11.7 Å². The Hall–Kier alpha value is -3.55. The SMILES string of the molecule is c1cncc(-c2cc(NC3COc4ncccc4C3)n3ncnc3n2)c1. The van der Waals surface area contributed by atoms with Gasteiger partial charge in [-0.1, -0.05) is 6.07 Å². The molecule has 1 N–H and O–H groups in total. The summed E-state index contributed by atoms with van der Waals surface area (Å²) < 4.78 is 7.47. The van der Waals surface area contributed by atoms with Crippen molar-refractivity contribution in [1.82, 2.24) is 29.5 Å². The van der Waals surface area contributed by atoms with Crippen LogP contribution in [0.3, 0.4) is 0 Å². The van der Waals surface area contributed by atoms with E-state index in [0.29, 0.717) is 18.3 Å². The largest absolute Gasteiger partial charge is 0.475 e. The highest BCUT2D eigenvalue weighted by molar-refractivity contribution is 5.64. The van der Waals surface area contributed by atoms with Gasteiger partial charge in [0.1, 0.15) is 18.8 Å². The summed E-state index contributed by atoms with van der Waals surface area (Å²) in [5.41, 5.74) is 2.81. The molecule has 0 aliphatic carbocycles. The van der Waals surface area contributed by atoms with Crippen LogP contribution in [0.4, 0.5) is 5.82 Å². The van der Waals surface area contributed by atoms with Gasteiger partial charge in [0.15, 0.2) is 0 Å². The van der Waals surface area contributed by atoms with E-state index in [4.69, 9.17) is 4.74 Å². The first kappa shape index (κ1) is 14.8. The van der Waals surface area contributed by atoms with Crippen molar-refractivity contribution in [2.75, 3.05) is 11.9 Å². The molecule has 4 aromatic rings. The van der Waals surface area contributed by atoms with Crippen LogP contribution in [-0.2, 0) is 6.42 Å². The van der Waals surface area contributed by atoms with Gasteiger partial charge in [-0.2, -0.15) is 14.6 Å². The number of fused-ring (bicyclic) bond motifs is 2. The summed E-state index contributed by atoms with van der Waals surface area (Å²) in [6.07, 6.45) is 7.59. The monoisotopic (exact) mass is 345 g/mol. The fraction of sp³-hybridized carbons (Fsp3) is 0.167. The van der Waals surface area contributed by atoms with Crippen molar-refractivity contribution in [3.8, 4) is 17.1 Å². The highest BCUT2D eigenvalue weighted by Gasteiger charge is 2.22. The van der Waals surface area contributed by atoms with E-state index < -0.39 is 0 Å². The first-order valence-corrected chi connectivity index (χ1v) is 8.31. The fourth-order valence-corrected chi connectivity index (χ4v) is 3.09. The zero-order chi connectivity index (χ0) is 17.3. The first-order valence-electron chi connectivity index (χ1n) is 8.31. The Bertz CT molecular complexity index is 1060. The van der Waals surface area contributed by atoms with Crippen LogP contribution in [0.2, 0.25) is 0 Å². The molecule has 5 rings (SSSR count). The number of nitrogens with one attached hydrogen (secondary N) is 1. The average molecular weight is 345 g/mol. The Morgan fingerprint density at radius 1 is 1.15 bits per heavy atom. The molecule has 0 amide bonds. The quantitative estimate of drug-likeness (QED) is 0.607. The van der Waals surface area contributed by atoms with Gasteiger partial charge >= 0.3 is 0 Å². The minimum atomic E-state index is 0.100. The van der Waals surface area contributed by atoms with E-state index in [1.165, 1.54) is 6.33 Å². The lowest BCUT2D eigenvalue weighted by Gasteiger charge is -2.26. The zero-order valence-corrected chi connectivity index (χ0v) is 13.8. The van der Waals surface area contributed by atoms with E-state index in [-0.39, 0.29) is 6.04 Å². The lowest BCUT2D eigenvalue weighted by atomic mass is 10.1.